The minimum absolute atomic E-state index is 0.239. The van der Waals surface area contributed by atoms with E-state index in [0.717, 1.165) is 7.11 Å². The van der Waals surface area contributed by atoms with E-state index in [1.165, 1.54) is 0 Å². The van der Waals surface area contributed by atoms with Gasteiger partial charge in [-0.2, -0.15) is 0 Å². The molecule has 0 radical (unpaired) electrons. The van der Waals surface area contributed by atoms with Crippen LogP contribution in [0, 0.1) is 0 Å². The molecule has 5 heteroatoms. The van der Waals surface area contributed by atoms with Crippen LogP contribution in [0.2, 0.25) is 0 Å². The molecule has 0 saturated carbocycles. The van der Waals surface area contributed by atoms with E-state index in [1.807, 2.05) is 0 Å². The molecule has 0 aliphatic rings. The van der Waals surface area contributed by atoms with Crippen molar-refractivity contribution < 1.29 is 14.7 Å². The maximum Gasteiger partial charge on any atom is 0.217 e. The number of hydrogen-bond donors (Lipinski definition) is 3. The fourth-order valence-corrected chi connectivity index (χ4v) is 0.437. The number of hydrogen-bond acceptors (Lipinski definition) is 3. The minimum atomic E-state index is -0.392. The standard InChI is InChI=1S/C5H10N2O2.CH4O/c6-4(8)2-1-3-5(7)9;1-2/h1-3H2,(H2,6,8)(H2,7,9);2H,1H3. The van der Waals surface area contributed by atoms with Crippen molar-refractivity contribution in [2.24, 2.45) is 11.5 Å². The summed E-state index contributed by atoms with van der Waals surface area (Å²) < 4.78 is 0. The Morgan fingerprint density at radius 3 is 1.55 bits per heavy atom. The molecule has 5 nitrogen and oxygen atoms in total. The Morgan fingerprint density at radius 2 is 1.36 bits per heavy atom. The summed E-state index contributed by atoms with van der Waals surface area (Å²) >= 11 is 0. The van der Waals surface area contributed by atoms with Crippen molar-refractivity contribution in [3.05, 3.63) is 0 Å². The number of carbonyl (C=O) groups excluding carboxylic acids is 2. The van der Waals surface area contributed by atoms with E-state index in [-0.39, 0.29) is 12.8 Å². The summed E-state index contributed by atoms with van der Waals surface area (Å²) in [5.74, 6) is -0.785. The molecule has 5 N–H and O–H groups in total. The highest BCUT2D eigenvalue weighted by Gasteiger charge is 1.96. The number of amides is 2. The van der Waals surface area contributed by atoms with Crippen molar-refractivity contribution >= 4 is 11.8 Å². The van der Waals surface area contributed by atoms with Crippen molar-refractivity contribution in [3.63, 3.8) is 0 Å². The third-order valence-corrected chi connectivity index (χ3v) is 0.846. The van der Waals surface area contributed by atoms with E-state index in [2.05, 4.69) is 0 Å². The zero-order chi connectivity index (χ0) is 9.28. The van der Waals surface area contributed by atoms with E-state index in [4.69, 9.17) is 16.6 Å². The predicted octanol–water partition coefficient (Wildman–Crippen LogP) is -1.26. The molecule has 0 unspecified atom stereocenters. The van der Waals surface area contributed by atoms with Gasteiger partial charge < -0.3 is 16.6 Å². The number of carbonyl (C=O) groups is 2. The maximum absolute atomic E-state index is 10.1. The van der Waals surface area contributed by atoms with Gasteiger partial charge in [0.05, 0.1) is 0 Å². The number of nitrogens with two attached hydrogens (primary N) is 2. The average Bonchev–Trinajstić information content (AvgIpc) is 1.90. The summed E-state index contributed by atoms with van der Waals surface area (Å²) in [5, 5.41) is 7.00. The molecule has 0 aromatic rings. The first-order valence-corrected chi connectivity index (χ1v) is 3.14. The lowest BCUT2D eigenvalue weighted by Crippen LogP contribution is -2.14. The minimum Gasteiger partial charge on any atom is -0.400 e. The molecule has 0 spiro atoms. The fourth-order valence-electron chi connectivity index (χ4n) is 0.437. The second kappa shape index (κ2) is 8.90. The highest BCUT2D eigenvalue weighted by atomic mass is 16.2. The topological polar surface area (TPSA) is 106 Å². The van der Waals surface area contributed by atoms with Crippen LogP contribution in [0.1, 0.15) is 19.3 Å². The SMILES string of the molecule is CO.NC(=O)CCCC(N)=O. The van der Waals surface area contributed by atoms with Gasteiger partial charge in [0, 0.05) is 20.0 Å². The summed E-state index contributed by atoms with van der Waals surface area (Å²) in [6.45, 7) is 0. The highest BCUT2D eigenvalue weighted by Crippen LogP contribution is 1.91. The lowest BCUT2D eigenvalue weighted by molar-refractivity contribution is -0.119. The first-order valence-electron chi connectivity index (χ1n) is 3.14. The van der Waals surface area contributed by atoms with Crippen molar-refractivity contribution in [2.75, 3.05) is 7.11 Å². The van der Waals surface area contributed by atoms with Gasteiger partial charge in [0.15, 0.2) is 0 Å². The summed E-state index contributed by atoms with van der Waals surface area (Å²) in [4.78, 5) is 20.1. The van der Waals surface area contributed by atoms with Gasteiger partial charge >= 0.3 is 0 Å². The van der Waals surface area contributed by atoms with Gasteiger partial charge in [-0.05, 0) is 6.42 Å². The molecule has 66 valence electrons. The second-order valence-corrected chi connectivity index (χ2v) is 1.79. The molecule has 0 aromatic carbocycles. The number of aliphatic hydroxyl groups excluding tert-OH is 1. The van der Waals surface area contributed by atoms with Gasteiger partial charge in [-0.3, -0.25) is 9.59 Å². The Balaban J connectivity index is 0. The number of aliphatic hydroxyl groups is 1. The number of primary amides is 2. The van der Waals surface area contributed by atoms with Crippen LogP contribution in [0.5, 0.6) is 0 Å². The van der Waals surface area contributed by atoms with Crippen LogP contribution in [-0.4, -0.2) is 24.0 Å². The van der Waals surface area contributed by atoms with Crippen molar-refractivity contribution in [1.82, 2.24) is 0 Å². The van der Waals surface area contributed by atoms with E-state index in [9.17, 15) is 9.59 Å². The van der Waals surface area contributed by atoms with Gasteiger partial charge in [-0.25, -0.2) is 0 Å². The van der Waals surface area contributed by atoms with Crippen LogP contribution in [0.25, 0.3) is 0 Å². The Labute approximate surface area is 65.4 Å². The fraction of sp³-hybridized carbons (Fsp3) is 0.667. The van der Waals surface area contributed by atoms with Gasteiger partial charge in [-0.1, -0.05) is 0 Å². The molecule has 0 fully saturated rings. The van der Waals surface area contributed by atoms with E-state index in [1.54, 1.807) is 0 Å². The van der Waals surface area contributed by atoms with E-state index >= 15 is 0 Å². The zero-order valence-corrected chi connectivity index (χ0v) is 6.54. The molecule has 0 heterocycles. The first kappa shape index (κ1) is 12.6. The lowest BCUT2D eigenvalue weighted by Gasteiger charge is -1.90. The van der Waals surface area contributed by atoms with Crippen LogP contribution >= 0.6 is 0 Å². The first-order chi connectivity index (χ1) is 5.13. The highest BCUT2D eigenvalue weighted by molar-refractivity contribution is 5.76. The molecule has 0 aliphatic carbocycles. The molecule has 0 atom stereocenters. The van der Waals surface area contributed by atoms with Crippen LogP contribution in [-0.2, 0) is 9.59 Å². The van der Waals surface area contributed by atoms with Crippen LogP contribution < -0.4 is 11.5 Å². The summed E-state index contributed by atoms with van der Waals surface area (Å²) in [6, 6.07) is 0. The Kier molecular flexibility index (Phi) is 10.2. The Morgan fingerprint density at radius 1 is 1.09 bits per heavy atom. The molecule has 11 heavy (non-hydrogen) atoms. The largest absolute Gasteiger partial charge is 0.400 e. The molecular weight excluding hydrogens is 148 g/mol. The third kappa shape index (κ3) is 17.6. The number of rotatable bonds is 4. The van der Waals surface area contributed by atoms with Crippen LogP contribution in [0.15, 0.2) is 0 Å². The van der Waals surface area contributed by atoms with Gasteiger partial charge in [0.1, 0.15) is 0 Å². The molecule has 0 aromatic heterocycles. The molecule has 0 rings (SSSR count). The molecule has 0 bridgehead atoms. The smallest absolute Gasteiger partial charge is 0.217 e. The Hall–Kier alpha value is -1.10. The zero-order valence-electron chi connectivity index (χ0n) is 6.54. The van der Waals surface area contributed by atoms with E-state index in [0.29, 0.717) is 6.42 Å². The summed E-state index contributed by atoms with van der Waals surface area (Å²) in [6.07, 6.45) is 0.941. The summed E-state index contributed by atoms with van der Waals surface area (Å²) in [5.41, 5.74) is 9.58. The van der Waals surface area contributed by atoms with Crippen molar-refractivity contribution in [2.45, 2.75) is 19.3 Å². The van der Waals surface area contributed by atoms with Gasteiger partial charge in [-0.15, -0.1) is 0 Å². The third-order valence-electron chi connectivity index (χ3n) is 0.846. The lowest BCUT2D eigenvalue weighted by atomic mass is 10.2. The Bertz CT molecular complexity index is 111. The quantitative estimate of drug-likeness (QED) is 0.480. The molecule has 0 saturated heterocycles. The average molecular weight is 162 g/mol. The van der Waals surface area contributed by atoms with Crippen molar-refractivity contribution in [1.29, 1.82) is 0 Å². The molecule has 2 amide bonds. The van der Waals surface area contributed by atoms with Crippen LogP contribution in [0.4, 0.5) is 0 Å². The maximum atomic E-state index is 10.1. The van der Waals surface area contributed by atoms with Crippen LogP contribution in [0.3, 0.4) is 0 Å². The van der Waals surface area contributed by atoms with E-state index < -0.39 is 11.8 Å². The second-order valence-electron chi connectivity index (χ2n) is 1.79. The molecule has 0 aliphatic heterocycles. The molecular formula is C6H14N2O3. The monoisotopic (exact) mass is 162 g/mol. The van der Waals surface area contributed by atoms with Gasteiger partial charge in [0.2, 0.25) is 11.8 Å². The van der Waals surface area contributed by atoms with Crippen molar-refractivity contribution in [3.8, 4) is 0 Å². The van der Waals surface area contributed by atoms with Gasteiger partial charge in [0.25, 0.3) is 0 Å². The summed E-state index contributed by atoms with van der Waals surface area (Å²) in [7, 11) is 1.00. The normalized spacial score (nSPS) is 7.82. The predicted molar refractivity (Wildman–Crippen MR) is 40.4 cm³/mol.